The van der Waals surface area contributed by atoms with E-state index >= 15 is 0 Å². The maximum absolute atomic E-state index is 12.3. The quantitative estimate of drug-likeness (QED) is 0.818. The molecule has 1 fully saturated rings. The lowest BCUT2D eigenvalue weighted by Gasteiger charge is -2.34. The van der Waals surface area contributed by atoms with Crippen LogP contribution < -0.4 is 5.73 Å². The molecule has 0 atom stereocenters. The van der Waals surface area contributed by atoms with Crippen LogP contribution in [0.5, 0.6) is 0 Å². The molecule has 2 heterocycles. The van der Waals surface area contributed by atoms with E-state index in [4.69, 9.17) is 5.73 Å². The van der Waals surface area contributed by atoms with Crippen LogP contribution in [0, 0.1) is 6.92 Å². The molecule has 1 aromatic heterocycles. The first-order valence-electron chi connectivity index (χ1n) is 7.87. The molecule has 0 unspecified atom stereocenters. The molecule has 2 aromatic rings. The molecule has 8 heteroatoms. The second kappa shape index (κ2) is 7.96. The van der Waals surface area contributed by atoms with Crippen LogP contribution in [-0.4, -0.2) is 57.8 Å². The number of carbonyl (C=O) groups is 1. The van der Waals surface area contributed by atoms with Gasteiger partial charge in [0.25, 0.3) is 0 Å². The number of hydrogen-bond donors (Lipinski definition) is 1. The monoisotopic (exact) mass is 363 g/mol. The Labute approximate surface area is 150 Å². The third-order valence-corrected chi connectivity index (χ3v) is 5.83. The smallest absolute Gasteiger partial charge is 0.233 e. The molecule has 0 bridgehead atoms. The van der Waals surface area contributed by atoms with Crippen molar-refractivity contribution in [2.45, 2.75) is 17.8 Å². The first kappa shape index (κ1) is 17.2. The number of thioether (sulfide) groups is 1. The molecule has 0 saturated carbocycles. The number of hydrogen-bond acceptors (Lipinski definition) is 7. The van der Waals surface area contributed by atoms with Gasteiger partial charge >= 0.3 is 0 Å². The van der Waals surface area contributed by atoms with Crippen LogP contribution in [0.15, 0.2) is 28.6 Å². The fraction of sp³-hybridized carbons (Fsp3) is 0.438. The largest absolute Gasteiger partial charge is 0.374 e. The molecule has 24 heavy (non-hydrogen) atoms. The minimum Gasteiger partial charge on any atom is -0.374 e. The maximum atomic E-state index is 12.3. The number of nitrogens with zero attached hydrogens (tertiary/aromatic N) is 4. The topological polar surface area (TPSA) is 75.3 Å². The summed E-state index contributed by atoms with van der Waals surface area (Å²) in [7, 11) is 0. The Morgan fingerprint density at radius 1 is 1.29 bits per heavy atom. The maximum Gasteiger partial charge on any atom is 0.233 e. The molecule has 1 saturated heterocycles. The van der Waals surface area contributed by atoms with Crippen LogP contribution in [0.4, 0.5) is 5.13 Å². The highest BCUT2D eigenvalue weighted by Crippen LogP contribution is 2.23. The number of benzene rings is 1. The Kier molecular flexibility index (Phi) is 5.70. The third-order valence-electron chi connectivity index (χ3n) is 3.95. The standard InChI is InChI=1S/C16H21N5OS2/c1-12-3-2-4-13(9-12)10-20-5-7-21(8-6-20)14(22)11-23-16-19-18-15(17)24-16/h2-4,9H,5-8,10-11H2,1H3,(H2,17,18). The van der Waals surface area contributed by atoms with Crippen molar-refractivity contribution in [2.24, 2.45) is 0 Å². The summed E-state index contributed by atoms with van der Waals surface area (Å²) in [6, 6.07) is 8.60. The second-order valence-corrected chi connectivity index (χ2v) is 8.07. The van der Waals surface area contributed by atoms with E-state index in [0.29, 0.717) is 10.9 Å². The highest BCUT2D eigenvalue weighted by Gasteiger charge is 2.21. The third kappa shape index (κ3) is 4.68. The minimum atomic E-state index is 0.156. The summed E-state index contributed by atoms with van der Waals surface area (Å²) in [5, 5.41) is 8.12. The first-order chi connectivity index (χ1) is 11.6. The van der Waals surface area contributed by atoms with Crippen molar-refractivity contribution in [3.8, 4) is 0 Å². The normalized spacial score (nSPS) is 15.6. The van der Waals surface area contributed by atoms with E-state index in [1.165, 1.54) is 34.2 Å². The Hall–Kier alpha value is -1.64. The summed E-state index contributed by atoms with van der Waals surface area (Å²) in [4.78, 5) is 16.6. The number of nitrogens with two attached hydrogens (primary N) is 1. The molecule has 128 valence electrons. The predicted octanol–water partition coefficient (Wildman–Crippen LogP) is 1.87. The number of carbonyl (C=O) groups excluding carboxylic acids is 1. The highest BCUT2D eigenvalue weighted by atomic mass is 32.2. The van der Waals surface area contributed by atoms with Crippen LogP contribution in [-0.2, 0) is 11.3 Å². The summed E-state index contributed by atoms with van der Waals surface area (Å²) >= 11 is 2.73. The van der Waals surface area contributed by atoms with Crippen LogP contribution in [0.2, 0.25) is 0 Å². The van der Waals surface area contributed by atoms with E-state index in [9.17, 15) is 4.79 Å². The van der Waals surface area contributed by atoms with Crippen molar-refractivity contribution in [1.82, 2.24) is 20.0 Å². The number of amides is 1. The van der Waals surface area contributed by atoms with Crippen LogP contribution in [0.3, 0.4) is 0 Å². The summed E-state index contributed by atoms with van der Waals surface area (Å²) in [5.41, 5.74) is 8.17. The first-order valence-corrected chi connectivity index (χ1v) is 9.68. The Morgan fingerprint density at radius 3 is 2.75 bits per heavy atom. The molecule has 2 N–H and O–H groups in total. The molecule has 3 rings (SSSR count). The van der Waals surface area contributed by atoms with Gasteiger partial charge in [-0.05, 0) is 12.5 Å². The molecule has 6 nitrogen and oxygen atoms in total. The highest BCUT2D eigenvalue weighted by molar-refractivity contribution is 8.01. The lowest BCUT2D eigenvalue weighted by Crippen LogP contribution is -2.48. The fourth-order valence-corrected chi connectivity index (χ4v) is 4.26. The molecular formula is C16H21N5OS2. The molecule has 0 spiro atoms. The van der Waals surface area contributed by atoms with Gasteiger partial charge in [-0.3, -0.25) is 9.69 Å². The van der Waals surface area contributed by atoms with E-state index in [1.807, 2.05) is 4.90 Å². The van der Waals surface area contributed by atoms with Gasteiger partial charge in [-0.15, -0.1) is 10.2 Å². The zero-order valence-corrected chi connectivity index (χ0v) is 15.3. The fourth-order valence-electron chi connectivity index (χ4n) is 2.72. The van der Waals surface area contributed by atoms with Gasteiger partial charge in [0, 0.05) is 32.7 Å². The average molecular weight is 364 g/mol. The van der Waals surface area contributed by atoms with E-state index in [-0.39, 0.29) is 5.91 Å². The van der Waals surface area contributed by atoms with Crippen molar-refractivity contribution in [1.29, 1.82) is 0 Å². The number of rotatable bonds is 5. The Morgan fingerprint density at radius 2 is 2.08 bits per heavy atom. The predicted molar refractivity (Wildman–Crippen MR) is 98.1 cm³/mol. The van der Waals surface area contributed by atoms with Gasteiger partial charge < -0.3 is 10.6 Å². The molecule has 1 aliphatic heterocycles. The van der Waals surface area contributed by atoms with Crippen molar-refractivity contribution in [3.63, 3.8) is 0 Å². The van der Waals surface area contributed by atoms with E-state index in [0.717, 1.165) is 37.1 Å². The molecule has 1 aromatic carbocycles. The molecule has 1 amide bonds. The van der Waals surface area contributed by atoms with Crippen LogP contribution in [0.25, 0.3) is 0 Å². The number of aryl methyl sites for hydroxylation is 1. The zero-order chi connectivity index (χ0) is 16.9. The summed E-state index contributed by atoms with van der Waals surface area (Å²) < 4.78 is 0.749. The van der Waals surface area contributed by atoms with Gasteiger partial charge in [0.1, 0.15) is 0 Å². The summed E-state index contributed by atoms with van der Waals surface area (Å²) in [6.07, 6.45) is 0. The Bertz CT molecular complexity index is 697. The van der Waals surface area contributed by atoms with Crippen molar-refractivity contribution in [2.75, 3.05) is 37.7 Å². The van der Waals surface area contributed by atoms with Crippen molar-refractivity contribution < 1.29 is 4.79 Å². The van der Waals surface area contributed by atoms with E-state index < -0.39 is 0 Å². The second-order valence-electron chi connectivity index (χ2n) is 5.84. The lowest BCUT2D eigenvalue weighted by atomic mass is 10.1. The van der Waals surface area contributed by atoms with Crippen LogP contribution >= 0.6 is 23.1 Å². The number of aromatic nitrogens is 2. The molecule has 0 radical (unpaired) electrons. The van der Waals surface area contributed by atoms with E-state index in [1.54, 1.807) is 0 Å². The number of piperazine rings is 1. The van der Waals surface area contributed by atoms with Crippen molar-refractivity contribution in [3.05, 3.63) is 35.4 Å². The zero-order valence-electron chi connectivity index (χ0n) is 13.6. The van der Waals surface area contributed by atoms with Gasteiger partial charge in [-0.25, -0.2) is 0 Å². The van der Waals surface area contributed by atoms with Gasteiger partial charge in [0.05, 0.1) is 5.75 Å². The summed E-state index contributed by atoms with van der Waals surface area (Å²) in [6.45, 7) is 6.45. The average Bonchev–Trinajstić information content (AvgIpc) is 2.99. The molecule has 1 aliphatic rings. The van der Waals surface area contributed by atoms with Gasteiger partial charge in [0.15, 0.2) is 4.34 Å². The lowest BCUT2D eigenvalue weighted by molar-refractivity contribution is -0.130. The minimum absolute atomic E-state index is 0.156. The van der Waals surface area contributed by atoms with Gasteiger partial charge in [0.2, 0.25) is 11.0 Å². The van der Waals surface area contributed by atoms with Crippen molar-refractivity contribution >= 4 is 34.1 Å². The van der Waals surface area contributed by atoms with Gasteiger partial charge in [-0.2, -0.15) is 0 Å². The van der Waals surface area contributed by atoms with E-state index in [2.05, 4.69) is 46.3 Å². The molecular weight excluding hydrogens is 342 g/mol. The molecule has 0 aliphatic carbocycles. The number of anilines is 1. The Balaban J connectivity index is 1.43. The summed E-state index contributed by atoms with van der Waals surface area (Å²) in [5.74, 6) is 0.552. The number of nitrogen functional groups attached to an aromatic ring is 1. The SMILES string of the molecule is Cc1cccc(CN2CCN(C(=O)CSc3nnc(N)s3)CC2)c1. The van der Waals surface area contributed by atoms with Gasteiger partial charge in [-0.1, -0.05) is 52.9 Å². The van der Waals surface area contributed by atoms with Crippen LogP contribution in [0.1, 0.15) is 11.1 Å².